The van der Waals surface area contributed by atoms with Crippen LogP contribution in [0.4, 0.5) is 16.2 Å². The molecule has 5 nitrogen and oxygen atoms in total. The summed E-state index contributed by atoms with van der Waals surface area (Å²) in [6, 6.07) is 0. The topological polar surface area (TPSA) is 76.7 Å². The second kappa shape index (κ2) is 4.18. The molecule has 2 aromatic rings. The van der Waals surface area contributed by atoms with Crippen LogP contribution in [0.5, 0.6) is 0 Å². The third kappa shape index (κ3) is 2.38. The number of thiazole rings is 1. The lowest BCUT2D eigenvalue weighted by molar-refractivity contribution is 0.617. The molecule has 0 aliphatic heterocycles. The highest BCUT2D eigenvalue weighted by Gasteiger charge is 2.05. The van der Waals surface area contributed by atoms with Gasteiger partial charge in [-0.1, -0.05) is 0 Å². The zero-order chi connectivity index (χ0) is 10.7. The Kier molecular flexibility index (Phi) is 2.72. The molecule has 2 rings (SSSR count). The molecule has 2 aromatic heterocycles. The molecule has 0 saturated heterocycles. The van der Waals surface area contributed by atoms with E-state index in [4.69, 9.17) is 5.73 Å². The summed E-state index contributed by atoms with van der Waals surface area (Å²) < 4.78 is 13.1. The van der Waals surface area contributed by atoms with Crippen LogP contribution in [0, 0.1) is 5.82 Å². The van der Waals surface area contributed by atoms with Crippen molar-refractivity contribution in [1.29, 1.82) is 0 Å². The van der Waals surface area contributed by atoms with Crippen LogP contribution in [0.15, 0.2) is 17.1 Å². The zero-order valence-corrected chi connectivity index (χ0v) is 8.46. The summed E-state index contributed by atoms with van der Waals surface area (Å²) >= 11 is 1.48. The zero-order valence-electron chi connectivity index (χ0n) is 7.64. The van der Waals surface area contributed by atoms with Crippen LogP contribution in [0.3, 0.4) is 0 Å². The van der Waals surface area contributed by atoms with E-state index < -0.39 is 5.82 Å². The summed E-state index contributed by atoms with van der Waals surface area (Å²) in [4.78, 5) is 11.3. The predicted molar refractivity (Wildman–Crippen MR) is 55.8 cm³/mol. The maximum Gasteiger partial charge on any atom is 0.222 e. The van der Waals surface area contributed by atoms with Crippen LogP contribution < -0.4 is 11.1 Å². The number of hydrogen-bond donors (Lipinski definition) is 2. The Morgan fingerprint density at radius 1 is 1.47 bits per heavy atom. The van der Waals surface area contributed by atoms with E-state index in [1.54, 1.807) is 5.51 Å². The summed E-state index contributed by atoms with van der Waals surface area (Å²) in [6.45, 7) is 0.414. The Hall–Kier alpha value is -1.76. The average molecular weight is 225 g/mol. The van der Waals surface area contributed by atoms with Crippen LogP contribution in [-0.2, 0) is 6.54 Å². The van der Waals surface area contributed by atoms with Crippen molar-refractivity contribution in [2.24, 2.45) is 0 Å². The van der Waals surface area contributed by atoms with E-state index in [9.17, 15) is 4.39 Å². The van der Waals surface area contributed by atoms with Crippen molar-refractivity contribution in [2.45, 2.75) is 6.54 Å². The van der Waals surface area contributed by atoms with Crippen LogP contribution >= 0.6 is 11.3 Å². The van der Waals surface area contributed by atoms with Gasteiger partial charge in [0.25, 0.3) is 0 Å². The van der Waals surface area contributed by atoms with Gasteiger partial charge < -0.3 is 11.1 Å². The molecule has 0 radical (unpaired) electrons. The van der Waals surface area contributed by atoms with Gasteiger partial charge in [-0.05, 0) is 0 Å². The number of nitrogens with one attached hydrogen (secondary N) is 1. The van der Waals surface area contributed by atoms with E-state index >= 15 is 0 Å². The smallest absolute Gasteiger partial charge is 0.222 e. The highest BCUT2D eigenvalue weighted by molar-refractivity contribution is 7.07. The molecule has 0 aromatic carbocycles. The summed E-state index contributed by atoms with van der Waals surface area (Å²) in [5.74, 6) is -0.396. The number of aromatic nitrogens is 3. The van der Waals surface area contributed by atoms with Gasteiger partial charge in [0.2, 0.25) is 5.95 Å². The molecule has 0 bridgehead atoms. The highest BCUT2D eigenvalue weighted by atomic mass is 32.1. The van der Waals surface area contributed by atoms with Gasteiger partial charge >= 0.3 is 0 Å². The van der Waals surface area contributed by atoms with Crippen molar-refractivity contribution in [3.05, 3.63) is 28.6 Å². The minimum Gasteiger partial charge on any atom is -0.368 e. The van der Waals surface area contributed by atoms with Gasteiger partial charge in [0, 0.05) is 5.38 Å². The SMILES string of the molecule is Nc1ncc(F)c(NCc2cscn2)n1. The van der Waals surface area contributed by atoms with E-state index in [1.165, 1.54) is 11.3 Å². The molecule has 0 fully saturated rings. The Morgan fingerprint density at radius 2 is 2.33 bits per heavy atom. The Labute approximate surface area is 89.2 Å². The van der Waals surface area contributed by atoms with Crippen LogP contribution in [-0.4, -0.2) is 15.0 Å². The fourth-order valence-corrected chi connectivity index (χ4v) is 1.56. The first-order valence-electron chi connectivity index (χ1n) is 4.14. The molecule has 0 spiro atoms. The molecular formula is C8H8FN5S. The monoisotopic (exact) mass is 225 g/mol. The number of anilines is 2. The Balaban J connectivity index is 2.07. The van der Waals surface area contributed by atoms with Crippen molar-refractivity contribution < 1.29 is 4.39 Å². The summed E-state index contributed by atoms with van der Waals surface area (Å²) in [5, 5.41) is 4.66. The van der Waals surface area contributed by atoms with E-state index in [1.807, 2.05) is 5.38 Å². The van der Waals surface area contributed by atoms with Crippen molar-refractivity contribution >= 4 is 23.1 Å². The van der Waals surface area contributed by atoms with Gasteiger partial charge in [-0.2, -0.15) is 4.98 Å². The van der Waals surface area contributed by atoms with Gasteiger partial charge in [-0.3, -0.25) is 0 Å². The number of nitrogen functional groups attached to an aromatic ring is 1. The first-order chi connectivity index (χ1) is 7.25. The van der Waals surface area contributed by atoms with Crippen LogP contribution in [0.1, 0.15) is 5.69 Å². The minimum absolute atomic E-state index is 0.0391. The number of hydrogen-bond acceptors (Lipinski definition) is 6. The standard InChI is InChI=1S/C8H8FN5S/c9-6-2-12-8(10)14-7(6)11-1-5-3-15-4-13-5/h2-4H,1H2,(H3,10,11,12,14). The number of halogens is 1. The van der Waals surface area contributed by atoms with Gasteiger partial charge in [0.05, 0.1) is 23.9 Å². The lowest BCUT2D eigenvalue weighted by Gasteiger charge is -2.04. The van der Waals surface area contributed by atoms with Gasteiger partial charge in [0.15, 0.2) is 11.6 Å². The van der Waals surface area contributed by atoms with E-state index in [0.717, 1.165) is 11.9 Å². The normalized spacial score (nSPS) is 10.2. The molecule has 0 atom stereocenters. The van der Waals surface area contributed by atoms with E-state index in [2.05, 4.69) is 20.3 Å². The van der Waals surface area contributed by atoms with Crippen molar-refractivity contribution in [3.8, 4) is 0 Å². The highest BCUT2D eigenvalue weighted by Crippen LogP contribution is 2.11. The van der Waals surface area contributed by atoms with Gasteiger partial charge in [0.1, 0.15) is 0 Å². The molecule has 0 unspecified atom stereocenters. The number of nitrogens with zero attached hydrogens (tertiary/aromatic N) is 3. The van der Waals surface area contributed by atoms with Crippen LogP contribution in [0.2, 0.25) is 0 Å². The molecular weight excluding hydrogens is 217 g/mol. The second-order valence-corrected chi connectivity index (χ2v) is 3.48. The molecule has 3 N–H and O–H groups in total. The number of rotatable bonds is 3. The summed E-state index contributed by atoms with van der Waals surface area (Å²) in [6.07, 6.45) is 1.03. The first kappa shape index (κ1) is 9.78. The van der Waals surface area contributed by atoms with E-state index in [-0.39, 0.29) is 11.8 Å². The maximum absolute atomic E-state index is 13.1. The maximum atomic E-state index is 13.1. The van der Waals surface area contributed by atoms with Crippen LogP contribution in [0.25, 0.3) is 0 Å². The molecule has 7 heteroatoms. The Morgan fingerprint density at radius 3 is 3.07 bits per heavy atom. The largest absolute Gasteiger partial charge is 0.368 e. The molecule has 2 heterocycles. The summed E-state index contributed by atoms with van der Waals surface area (Å²) in [5.41, 5.74) is 7.87. The lowest BCUT2D eigenvalue weighted by Crippen LogP contribution is -2.06. The fourth-order valence-electron chi connectivity index (χ4n) is 1.00. The van der Waals surface area contributed by atoms with Crippen molar-refractivity contribution in [2.75, 3.05) is 11.1 Å². The summed E-state index contributed by atoms with van der Waals surface area (Å²) in [7, 11) is 0. The molecule has 78 valence electrons. The molecule has 0 aliphatic rings. The second-order valence-electron chi connectivity index (χ2n) is 2.76. The molecule has 15 heavy (non-hydrogen) atoms. The minimum atomic E-state index is -0.528. The molecule has 0 saturated carbocycles. The van der Waals surface area contributed by atoms with E-state index in [0.29, 0.717) is 6.54 Å². The third-order valence-corrected chi connectivity index (χ3v) is 2.32. The lowest BCUT2D eigenvalue weighted by atomic mass is 10.4. The average Bonchev–Trinajstić information content (AvgIpc) is 2.72. The quantitative estimate of drug-likeness (QED) is 0.822. The predicted octanol–water partition coefficient (Wildman–Crippen LogP) is 1.27. The van der Waals surface area contributed by atoms with Gasteiger partial charge in [-0.15, -0.1) is 11.3 Å². The van der Waals surface area contributed by atoms with Crippen molar-refractivity contribution in [3.63, 3.8) is 0 Å². The molecule has 0 amide bonds. The molecule has 0 aliphatic carbocycles. The number of nitrogens with two attached hydrogens (primary N) is 1. The fraction of sp³-hybridized carbons (Fsp3) is 0.125. The van der Waals surface area contributed by atoms with Crippen molar-refractivity contribution in [1.82, 2.24) is 15.0 Å². The Bertz CT molecular complexity index is 444. The van der Waals surface area contributed by atoms with Gasteiger partial charge in [-0.25, -0.2) is 14.4 Å². The first-order valence-corrected chi connectivity index (χ1v) is 5.09. The third-order valence-electron chi connectivity index (χ3n) is 1.68.